The highest BCUT2D eigenvalue weighted by molar-refractivity contribution is 6.32. The average molecular weight is 533 g/mol. The predicted molar refractivity (Wildman–Crippen MR) is 152 cm³/mol. The highest BCUT2D eigenvalue weighted by atomic mass is 35.5. The van der Waals surface area contributed by atoms with Crippen molar-refractivity contribution >= 4 is 34.8 Å². The molecule has 2 fully saturated rings. The van der Waals surface area contributed by atoms with Crippen LogP contribution in [0.5, 0.6) is 5.75 Å². The number of rotatable bonds is 6. The zero-order chi connectivity index (χ0) is 26.6. The van der Waals surface area contributed by atoms with E-state index in [0.29, 0.717) is 44.8 Å². The van der Waals surface area contributed by atoms with Crippen molar-refractivity contribution in [2.24, 2.45) is 5.92 Å². The van der Waals surface area contributed by atoms with Crippen LogP contribution in [-0.4, -0.2) is 72.5 Å². The molecule has 2 aliphatic rings. The van der Waals surface area contributed by atoms with Gasteiger partial charge in [0.15, 0.2) is 0 Å². The summed E-state index contributed by atoms with van der Waals surface area (Å²) in [4.78, 5) is 32.1. The van der Waals surface area contributed by atoms with Gasteiger partial charge in [0.25, 0.3) is 0 Å². The second-order valence-electron chi connectivity index (χ2n) is 10.2. The first-order valence-corrected chi connectivity index (χ1v) is 13.4. The number of aryl methyl sites for hydroxylation is 1. The van der Waals surface area contributed by atoms with E-state index in [9.17, 15) is 14.7 Å². The highest BCUT2D eigenvalue weighted by Crippen LogP contribution is 2.28. The molecule has 2 amide bonds. The predicted octanol–water partition coefficient (Wildman–Crippen LogP) is 4.63. The molecular weight excluding hydrogens is 500 g/mol. The Balaban J connectivity index is 1.10. The third-order valence-corrected chi connectivity index (χ3v) is 7.72. The molecule has 38 heavy (non-hydrogen) atoms. The molecular formula is C30H33ClN4O3. The van der Waals surface area contributed by atoms with Gasteiger partial charge in [-0.25, -0.2) is 0 Å². The van der Waals surface area contributed by atoms with Crippen molar-refractivity contribution in [1.82, 2.24) is 9.80 Å². The molecule has 2 saturated heterocycles. The number of hydrogen-bond acceptors (Lipinski definition) is 5. The van der Waals surface area contributed by atoms with Gasteiger partial charge in [0.05, 0.1) is 17.5 Å². The van der Waals surface area contributed by atoms with Crippen molar-refractivity contribution in [3.8, 4) is 16.9 Å². The zero-order valence-corrected chi connectivity index (χ0v) is 22.3. The summed E-state index contributed by atoms with van der Waals surface area (Å²) in [6.07, 6.45) is 0.704. The first-order chi connectivity index (χ1) is 18.4. The number of anilines is 2. The fourth-order valence-electron chi connectivity index (χ4n) is 5.23. The van der Waals surface area contributed by atoms with Crippen molar-refractivity contribution in [3.05, 3.63) is 77.3 Å². The summed E-state index contributed by atoms with van der Waals surface area (Å²) >= 11 is 5.94. The van der Waals surface area contributed by atoms with Crippen LogP contribution >= 0.6 is 11.6 Å². The van der Waals surface area contributed by atoms with Crippen LogP contribution in [0.15, 0.2) is 66.7 Å². The minimum atomic E-state index is -0.187. The number of nitrogens with one attached hydrogen (secondary N) is 1. The van der Waals surface area contributed by atoms with Crippen LogP contribution in [0.2, 0.25) is 5.02 Å². The molecule has 2 N–H and O–H groups in total. The standard InChI is InChI=1S/C30H33ClN4O3/c1-21-4-2-5-22(16-21)23-6-3-7-26(17-23)34-12-14-35(15-13-34)29(37)20-33-11-10-24(19-33)30(38)32-25-8-9-28(36)27(31)18-25/h2-9,16-18,24,36H,10-15,19-20H2,1H3,(H,32,38)/t24-/m1/s1. The fraction of sp³-hybridized carbons (Fsp3) is 0.333. The molecule has 0 spiro atoms. The lowest BCUT2D eigenvalue weighted by Crippen LogP contribution is -2.51. The molecule has 0 unspecified atom stereocenters. The van der Waals surface area contributed by atoms with Crippen LogP contribution < -0.4 is 10.2 Å². The van der Waals surface area contributed by atoms with Crippen molar-refractivity contribution in [2.75, 3.05) is 56.0 Å². The summed E-state index contributed by atoms with van der Waals surface area (Å²) in [5.41, 5.74) is 5.39. The summed E-state index contributed by atoms with van der Waals surface area (Å²) in [6.45, 7) is 6.67. The molecule has 0 aromatic heterocycles. The van der Waals surface area contributed by atoms with Gasteiger partial charge < -0.3 is 20.2 Å². The van der Waals surface area contributed by atoms with Crippen LogP contribution in [0.4, 0.5) is 11.4 Å². The van der Waals surface area contributed by atoms with E-state index in [4.69, 9.17) is 11.6 Å². The minimum absolute atomic E-state index is 0.0215. The number of phenolic OH excluding ortho intramolecular Hbond substituents is 1. The number of amides is 2. The van der Waals surface area contributed by atoms with E-state index in [0.717, 1.165) is 13.1 Å². The highest BCUT2D eigenvalue weighted by Gasteiger charge is 2.31. The van der Waals surface area contributed by atoms with Gasteiger partial charge in [-0.2, -0.15) is 0 Å². The number of likely N-dealkylation sites (tertiary alicyclic amines) is 1. The normalized spacial score (nSPS) is 18.0. The van der Waals surface area contributed by atoms with E-state index in [1.165, 1.54) is 34.5 Å². The summed E-state index contributed by atoms with van der Waals surface area (Å²) < 4.78 is 0. The number of hydrogen-bond donors (Lipinski definition) is 2. The molecule has 3 aromatic carbocycles. The molecule has 0 bridgehead atoms. The number of phenols is 1. The lowest BCUT2D eigenvalue weighted by molar-refractivity contribution is -0.132. The quantitative estimate of drug-likeness (QED) is 0.453. The van der Waals surface area contributed by atoms with Crippen LogP contribution in [0.1, 0.15) is 12.0 Å². The van der Waals surface area contributed by atoms with Gasteiger partial charge in [0.1, 0.15) is 5.75 Å². The van der Waals surface area contributed by atoms with Crippen molar-refractivity contribution in [3.63, 3.8) is 0 Å². The summed E-state index contributed by atoms with van der Waals surface area (Å²) in [7, 11) is 0. The first-order valence-electron chi connectivity index (χ1n) is 13.1. The molecule has 8 heteroatoms. The lowest BCUT2D eigenvalue weighted by atomic mass is 10.0. The smallest absolute Gasteiger partial charge is 0.236 e. The van der Waals surface area contributed by atoms with Gasteiger partial charge in [0.2, 0.25) is 11.8 Å². The van der Waals surface area contributed by atoms with Crippen LogP contribution in [0.3, 0.4) is 0 Å². The van der Waals surface area contributed by atoms with Gasteiger partial charge >= 0.3 is 0 Å². The van der Waals surface area contributed by atoms with E-state index < -0.39 is 0 Å². The second-order valence-corrected chi connectivity index (χ2v) is 10.6. The molecule has 3 aromatic rings. The number of nitrogens with zero attached hydrogens (tertiary/aromatic N) is 3. The SMILES string of the molecule is Cc1cccc(-c2cccc(N3CCN(C(=O)CN4CC[C@@H](C(=O)Nc5ccc(O)c(Cl)c5)C4)CC3)c2)c1. The third kappa shape index (κ3) is 6.11. The number of carbonyl (C=O) groups is 2. The molecule has 0 radical (unpaired) electrons. The molecule has 198 valence electrons. The second kappa shape index (κ2) is 11.5. The maximum atomic E-state index is 13.0. The lowest BCUT2D eigenvalue weighted by Gasteiger charge is -2.37. The van der Waals surface area contributed by atoms with E-state index in [1.807, 2.05) is 4.90 Å². The van der Waals surface area contributed by atoms with Crippen molar-refractivity contribution in [1.29, 1.82) is 0 Å². The van der Waals surface area contributed by atoms with Crippen LogP contribution in [0.25, 0.3) is 11.1 Å². The third-order valence-electron chi connectivity index (χ3n) is 7.41. The molecule has 0 aliphatic carbocycles. The minimum Gasteiger partial charge on any atom is -0.506 e. The fourth-order valence-corrected chi connectivity index (χ4v) is 5.41. The van der Waals surface area contributed by atoms with E-state index in [2.05, 4.69) is 70.6 Å². The maximum absolute atomic E-state index is 13.0. The Hall–Kier alpha value is -3.55. The Morgan fingerprint density at radius 3 is 2.42 bits per heavy atom. The van der Waals surface area contributed by atoms with Crippen molar-refractivity contribution in [2.45, 2.75) is 13.3 Å². The number of aromatic hydroxyl groups is 1. The van der Waals surface area contributed by atoms with Crippen LogP contribution in [-0.2, 0) is 9.59 Å². The molecule has 2 heterocycles. The topological polar surface area (TPSA) is 76.1 Å². The Morgan fingerprint density at radius 1 is 0.947 bits per heavy atom. The molecule has 7 nitrogen and oxygen atoms in total. The van der Waals surface area contributed by atoms with Crippen molar-refractivity contribution < 1.29 is 14.7 Å². The molecule has 0 saturated carbocycles. The average Bonchev–Trinajstić information content (AvgIpc) is 3.39. The van der Waals surface area contributed by atoms with Gasteiger partial charge in [0, 0.05) is 44.1 Å². The molecule has 5 rings (SSSR count). The Kier molecular flexibility index (Phi) is 7.86. The Bertz CT molecular complexity index is 1320. The van der Waals surface area contributed by atoms with E-state index in [-0.39, 0.29) is 28.5 Å². The number of piperazine rings is 1. The Morgan fingerprint density at radius 2 is 1.68 bits per heavy atom. The van der Waals surface area contributed by atoms with Gasteiger partial charge in [-0.05, 0) is 61.3 Å². The van der Waals surface area contributed by atoms with Gasteiger partial charge in [-0.3, -0.25) is 14.5 Å². The maximum Gasteiger partial charge on any atom is 0.236 e. The largest absolute Gasteiger partial charge is 0.506 e. The monoisotopic (exact) mass is 532 g/mol. The molecule has 2 aliphatic heterocycles. The number of halogens is 1. The summed E-state index contributed by atoms with van der Waals surface area (Å²) in [6, 6.07) is 21.7. The molecule has 1 atom stereocenters. The summed E-state index contributed by atoms with van der Waals surface area (Å²) in [5, 5.41) is 12.6. The van der Waals surface area contributed by atoms with Gasteiger partial charge in [-0.15, -0.1) is 0 Å². The van der Waals surface area contributed by atoms with Crippen LogP contribution in [0, 0.1) is 12.8 Å². The Labute approximate surface area is 228 Å². The number of carbonyl (C=O) groups excluding carboxylic acids is 2. The first kappa shape index (κ1) is 26.1. The summed E-state index contributed by atoms with van der Waals surface area (Å²) in [5.74, 6) is -0.188. The van der Waals surface area contributed by atoms with E-state index >= 15 is 0 Å². The zero-order valence-electron chi connectivity index (χ0n) is 21.6. The van der Waals surface area contributed by atoms with E-state index in [1.54, 1.807) is 6.07 Å². The van der Waals surface area contributed by atoms with Gasteiger partial charge in [-0.1, -0.05) is 53.6 Å². The number of benzene rings is 3.